The monoisotopic (exact) mass is 472 g/mol. The number of carbonyl (C=O) groups is 2. The van der Waals surface area contributed by atoms with Crippen molar-refractivity contribution in [1.82, 2.24) is 5.32 Å². The molecule has 0 aliphatic carbocycles. The number of anilines is 1. The lowest BCUT2D eigenvalue weighted by molar-refractivity contribution is -0.192. The van der Waals surface area contributed by atoms with Crippen LogP contribution in [0.4, 0.5) is 18.9 Å². The van der Waals surface area contributed by atoms with Crippen molar-refractivity contribution < 1.29 is 42.8 Å². The number of nitrogens with one attached hydrogen (secondary N) is 2. The number of hydrogen-bond acceptors (Lipinski definition) is 6. The van der Waals surface area contributed by atoms with Gasteiger partial charge in [-0.1, -0.05) is 18.2 Å². The molecule has 33 heavy (non-hydrogen) atoms. The number of halogens is 3. The van der Waals surface area contributed by atoms with Crippen molar-refractivity contribution in [2.45, 2.75) is 38.6 Å². The summed E-state index contributed by atoms with van der Waals surface area (Å²) in [6, 6.07) is 12.8. The first kappa shape index (κ1) is 27.7. The van der Waals surface area contributed by atoms with Crippen LogP contribution in [0.15, 0.2) is 42.5 Å². The van der Waals surface area contributed by atoms with Crippen LogP contribution in [-0.2, 0) is 16.0 Å². The van der Waals surface area contributed by atoms with E-state index in [9.17, 15) is 28.2 Å². The minimum absolute atomic E-state index is 0.0306. The van der Waals surface area contributed by atoms with Crippen LogP contribution in [0.1, 0.15) is 31.1 Å². The number of phenolic OH excluding ortho intramolecular Hbond substituents is 1. The predicted molar refractivity (Wildman–Crippen MR) is 115 cm³/mol. The summed E-state index contributed by atoms with van der Waals surface area (Å²) in [4.78, 5) is 20.1. The number of amides is 1. The maximum atomic E-state index is 11.2. The summed E-state index contributed by atoms with van der Waals surface area (Å²) in [5, 5.41) is 33.1. The molecule has 0 aliphatic heterocycles. The average Bonchev–Trinajstić information content (AvgIpc) is 2.73. The minimum Gasteiger partial charge on any atom is -0.506 e. The Labute approximate surface area is 189 Å². The number of aromatic hydroxyl groups is 1. The Balaban J connectivity index is 0.000000675. The van der Waals surface area contributed by atoms with Crippen LogP contribution in [0, 0.1) is 0 Å². The van der Waals surface area contributed by atoms with Crippen LogP contribution in [0.5, 0.6) is 11.5 Å². The molecule has 0 saturated heterocycles. The molecular formula is C22H27F3N2O6. The largest absolute Gasteiger partial charge is 0.506 e. The van der Waals surface area contributed by atoms with Crippen LogP contribution < -0.4 is 15.4 Å². The van der Waals surface area contributed by atoms with Gasteiger partial charge >= 0.3 is 12.1 Å². The van der Waals surface area contributed by atoms with Gasteiger partial charge in [-0.2, -0.15) is 13.2 Å². The number of aliphatic carboxylic acids is 1. The van der Waals surface area contributed by atoms with Crippen molar-refractivity contribution in [3.63, 3.8) is 0 Å². The highest BCUT2D eigenvalue weighted by atomic mass is 19.4. The number of aliphatic hydroxyl groups is 1. The van der Waals surface area contributed by atoms with Crippen LogP contribution in [0.3, 0.4) is 0 Å². The molecule has 0 radical (unpaired) electrons. The summed E-state index contributed by atoms with van der Waals surface area (Å²) in [7, 11) is 1.64. The van der Waals surface area contributed by atoms with Crippen LogP contribution in [0.25, 0.3) is 0 Å². The number of methoxy groups -OCH3 is 1. The highest BCUT2D eigenvalue weighted by Crippen LogP contribution is 2.27. The molecule has 2 aromatic carbocycles. The number of rotatable bonds is 8. The van der Waals surface area contributed by atoms with Gasteiger partial charge in [-0.15, -0.1) is 0 Å². The second-order valence-corrected chi connectivity index (χ2v) is 7.14. The zero-order chi connectivity index (χ0) is 25.2. The summed E-state index contributed by atoms with van der Waals surface area (Å²) in [5.41, 5.74) is 2.09. The van der Waals surface area contributed by atoms with E-state index >= 15 is 0 Å². The normalized spacial score (nSPS) is 12.7. The number of carbonyl (C=O) groups excluding carboxylic acids is 1. The molecule has 1 amide bonds. The number of hydrogen-bond donors (Lipinski definition) is 5. The number of phenols is 1. The van der Waals surface area contributed by atoms with Crippen molar-refractivity contribution in [3.05, 3.63) is 53.6 Å². The summed E-state index contributed by atoms with van der Waals surface area (Å²) < 4.78 is 36.9. The fraction of sp³-hybridized carbons (Fsp3) is 0.364. The zero-order valence-corrected chi connectivity index (χ0v) is 18.3. The fourth-order valence-corrected chi connectivity index (χ4v) is 2.67. The molecule has 2 atom stereocenters. The predicted octanol–water partition coefficient (Wildman–Crippen LogP) is 3.25. The highest BCUT2D eigenvalue weighted by Gasteiger charge is 2.38. The first-order valence-corrected chi connectivity index (χ1v) is 9.78. The average molecular weight is 472 g/mol. The van der Waals surface area contributed by atoms with E-state index in [0.29, 0.717) is 17.8 Å². The lowest BCUT2D eigenvalue weighted by atomic mass is 10.1. The summed E-state index contributed by atoms with van der Waals surface area (Å²) in [6.45, 7) is 3.78. The van der Waals surface area contributed by atoms with E-state index in [1.165, 1.54) is 18.6 Å². The molecule has 2 aromatic rings. The van der Waals surface area contributed by atoms with Crippen molar-refractivity contribution >= 4 is 17.6 Å². The van der Waals surface area contributed by atoms with Gasteiger partial charge in [0.2, 0.25) is 5.91 Å². The Morgan fingerprint density at radius 2 is 1.70 bits per heavy atom. The molecule has 2 rings (SSSR count). The molecule has 0 fully saturated rings. The van der Waals surface area contributed by atoms with Crippen LogP contribution in [-0.4, -0.2) is 53.1 Å². The summed E-state index contributed by atoms with van der Waals surface area (Å²) in [6.07, 6.45) is -5.01. The van der Waals surface area contributed by atoms with Crippen molar-refractivity contribution in [2.75, 3.05) is 19.0 Å². The molecule has 0 aliphatic rings. The van der Waals surface area contributed by atoms with Gasteiger partial charge in [0.25, 0.3) is 0 Å². The lowest BCUT2D eigenvalue weighted by Crippen LogP contribution is -2.32. The van der Waals surface area contributed by atoms with E-state index in [4.69, 9.17) is 14.6 Å². The second-order valence-electron chi connectivity index (χ2n) is 7.14. The Bertz CT molecular complexity index is 919. The number of aliphatic hydroxyl groups excluding tert-OH is 1. The quantitative estimate of drug-likeness (QED) is 0.373. The molecule has 2 unspecified atom stereocenters. The SMILES string of the molecule is COc1ccc(CC(C)NCC(O)c2ccc(O)c(NC(C)=O)c2)cc1.O=C(O)C(F)(F)F. The summed E-state index contributed by atoms with van der Waals surface area (Å²) in [5.74, 6) is -2.24. The molecule has 0 heterocycles. The molecule has 0 bridgehead atoms. The fourth-order valence-electron chi connectivity index (χ4n) is 2.67. The van der Waals surface area contributed by atoms with Gasteiger partial charge in [0.15, 0.2) is 0 Å². The summed E-state index contributed by atoms with van der Waals surface area (Å²) >= 11 is 0. The molecular weight excluding hydrogens is 445 g/mol. The molecule has 0 saturated carbocycles. The third-order valence-electron chi connectivity index (χ3n) is 4.32. The standard InChI is InChI=1S/C20H26N2O4.C2HF3O2/c1-13(10-15-4-7-17(26-3)8-5-15)21-12-20(25)16-6-9-19(24)18(11-16)22-14(2)23;3-2(4,5)1(6)7/h4-9,11,13,20-21,24-25H,10,12H2,1-3H3,(H,22,23);(H,6,7). The van der Waals surface area contributed by atoms with E-state index < -0.39 is 18.2 Å². The van der Waals surface area contributed by atoms with Gasteiger partial charge < -0.3 is 30.7 Å². The van der Waals surface area contributed by atoms with Crippen LogP contribution >= 0.6 is 0 Å². The molecule has 0 spiro atoms. The highest BCUT2D eigenvalue weighted by molar-refractivity contribution is 5.90. The van der Waals surface area contributed by atoms with E-state index in [0.717, 1.165) is 12.2 Å². The topological polar surface area (TPSA) is 128 Å². The first-order valence-electron chi connectivity index (χ1n) is 9.78. The minimum atomic E-state index is -5.08. The van der Waals surface area contributed by atoms with Gasteiger partial charge in [-0.25, -0.2) is 4.79 Å². The Morgan fingerprint density at radius 3 is 2.18 bits per heavy atom. The smallest absolute Gasteiger partial charge is 0.490 e. The molecule has 8 nitrogen and oxygen atoms in total. The van der Waals surface area contributed by atoms with Gasteiger partial charge in [-0.05, 0) is 48.7 Å². The first-order chi connectivity index (χ1) is 15.3. The number of ether oxygens (including phenoxy) is 1. The number of benzene rings is 2. The Hall–Kier alpha value is -3.31. The van der Waals surface area contributed by atoms with Gasteiger partial charge in [-0.3, -0.25) is 4.79 Å². The van der Waals surface area contributed by atoms with E-state index in [1.807, 2.05) is 24.3 Å². The molecule has 0 aromatic heterocycles. The number of carboxylic acid groups (broad SMARTS) is 1. The van der Waals surface area contributed by atoms with Crippen molar-refractivity contribution in [2.24, 2.45) is 0 Å². The maximum Gasteiger partial charge on any atom is 0.490 e. The molecule has 11 heteroatoms. The zero-order valence-electron chi connectivity index (χ0n) is 18.3. The van der Waals surface area contributed by atoms with E-state index in [-0.39, 0.29) is 17.7 Å². The van der Waals surface area contributed by atoms with Crippen LogP contribution in [0.2, 0.25) is 0 Å². The Morgan fingerprint density at radius 1 is 1.12 bits per heavy atom. The molecule has 5 N–H and O–H groups in total. The van der Waals surface area contributed by atoms with Gasteiger partial charge in [0.05, 0.1) is 18.9 Å². The third-order valence-corrected chi connectivity index (χ3v) is 4.32. The van der Waals surface area contributed by atoms with Gasteiger partial charge in [0, 0.05) is 19.5 Å². The molecule has 182 valence electrons. The lowest BCUT2D eigenvalue weighted by Gasteiger charge is -2.18. The van der Waals surface area contributed by atoms with Crippen molar-refractivity contribution in [1.29, 1.82) is 0 Å². The maximum absolute atomic E-state index is 11.2. The Kier molecular flexibility index (Phi) is 10.6. The van der Waals surface area contributed by atoms with E-state index in [1.54, 1.807) is 19.2 Å². The second kappa shape index (κ2) is 12.7. The third kappa shape index (κ3) is 10.2. The van der Waals surface area contributed by atoms with Crippen molar-refractivity contribution in [3.8, 4) is 11.5 Å². The number of alkyl halides is 3. The number of carboxylic acids is 1. The van der Waals surface area contributed by atoms with Gasteiger partial charge in [0.1, 0.15) is 11.5 Å². The van der Waals surface area contributed by atoms with E-state index in [2.05, 4.69) is 17.6 Å².